The molecule has 0 unspecified atom stereocenters. The predicted molar refractivity (Wildman–Crippen MR) is 114 cm³/mol. The second kappa shape index (κ2) is 9.32. The molecule has 2 aromatic carbocycles. The lowest BCUT2D eigenvalue weighted by molar-refractivity contribution is -0.120. The van der Waals surface area contributed by atoms with Crippen molar-refractivity contribution in [2.45, 2.75) is 19.8 Å². The van der Waals surface area contributed by atoms with Crippen molar-refractivity contribution >= 4 is 28.9 Å². The van der Waals surface area contributed by atoms with Gasteiger partial charge in [0.1, 0.15) is 18.0 Å². The van der Waals surface area contributed by atoms with Crippen LogP contribution in [0.5, 0.6) is 11.5 Å². The molecule has 0 aromatic heterocycles. The molecule has 1 aliphatic rings. The van der Waals surface area contributed by atoms with Gasteiger partial charge in [-0.1, -0.05) is 0 Å². The van der Waals surface area contributed by atoms with Gasteiger partial charge in [-0.15, -0.1) is 0 Å². The van der Waals surface area contributed by atoms with Crippen molar-refractivity contribution in [2.24, 2.45) is 0 Å². The highest BCUT2D eigenvalue weighted by atomic mass is 16.5. The maximum absolute atomic E-state index is 12.6. The quantitative estimate of drug-likeness (QED) is 0.776. The van der Waals surface area contributed by atoms with E-state index in [1.54, 1.807) is 25.3 Å². The van der Waals surface area contributed by atoms with Gasteiger partial charge in [0.25, 0.3) is 0 Å². The topological polar surface area (TPSA) is 71.1 Å². The first-order chi connectivity index (χ1) is 14.0. The minimum absolute atomic E-state index is 0.0985. The minimum Gasteiger partial charge on any atom is -0.497 e. The van der Waals surface area contributed by atoms with E-state index in [1.807, 2.05) is 24.3 Å². The first-order valence-electron chi connectivity index (χ1n) is 9.67. The van der Waals surface area contributed by atoms with Gasteiger partial charge in [-0.25, -0.2) is 0 Å². The SMILES string of the molecule is COc1ccc(OC)c(NC(=O)CN(C(C)=O)c2ccc(N3CCCC3)cc2)c1. The molecule has 1 saturated heterocycles. The molecule has 2 amide bonds. The molecule has 7 heteroatoms. The van der Waals surface area contributed by atoms with Crippen LogP contribution in [0.4, 0.5) is 17.1 Å². The number of methoxy groups -OCH3 is 2. The number of hydrogen-bond donors (Lipinski definition) is 1. The van der Waals surface area contributed by atoms with E-state index in [4.69, 9.17) is 9.47 Å². The van der Waals surface area contributed by atoms with E-state index in [0.29, 0.717) is 22.9 Å². The Morgan fingerprint density at radius 2 is 1.72 bits per heavy atom. The van der Waals surface area contributed by atoms with Crippen molar-refractivity contribution in [1.29, 1.82) is 0 Å². The van der Waals surface area contributed by atoms with Crippen molar-refractivity contribution in [1.82, 2.24) is 0 Å². The van der Waals surface area contributed by atoms with Gasteiger partial charge in [0.05, 0.1) is 19.9 Å². The predicted octanol–water partition coefficient (Wildman–Crippen LogP) is 3.30. The number of rotatable bonds is 7. The van der Waals surface area contributed by atoms with Crippen molar-refractivity contribution in [3.8, 4) is 11.5 Å². The van der Waals surface area contributed by atoms with Gasteiger partial charge in [0.2, 0.25) is 11.8 Å². The number of nitrogens with zero attached hydrogens (tertiary/aromatic N) is 2. The van der Waals surface area contributed by atoms with Crippen molar-refractivity contribution in [3.63, 3.8) is 0 Å². The number of carbonyl (C=O) groups is 2. The summed E-state index contributed by atoms with van der Waals surface area (Å²) in [5, 5.41) is 2.80. The first kappa shape index (κ1) is 20.5. The maximum atomic E-state index is 12.6. The summed E-state index contributed by atoms with van der Waals surface area (Å²) < 4.78 is 10.5. The molecule has 1 heterocycles. The number of nitrogens with one attached hydrogen (secondary N) is 1. The van der Waals surface area contributed by atoms with Crippen LogP contribution >= 0.6 is 0 Å². The van der Waals surface area contributed by atoms with Gasteiger partial charge >= 0.3 is 0 Å². The van der Waals surface area contributed by atoms with Crippen LogP contribution in [0.25, 0.3) is 0 Å². The Labute approximate surface area is 171 Å². The van der Waals surface area contributed by atoms with Gasteiger partial charge in [-0.2, -0.15) is 0 Å². The standard InChI is InChI=1S/C22H27N3O4/c1-16(26)25(18-8-6-17(7-9-18)24-12-4-5-13-24)15-22(27)23-20-14-19(28-2)10-11-21(20)29-3/h6-11,14H,4-5,12-13,15H2,1-3H3,(H,23,27). The average Bonchev–Trinajstić information content (AvgIpc) is 3.27. The summed E-state index contributed by atoms with van der Waals surface area (Å²) in [6.07, 6.45) is 2.41. The number of anilines is 3. The molecule has 0 aliphatic carbocycles. The molecule has 29 heavy (non-hydrogen) atoms. The summed E-state index contributed by atoms with van der Waals surface area (Å²) in [5.41, 5.74) is 2.32. The number of amides is 2. The fourth-order valence-electron chi connectivity index (χ4n) is 3.45. The van der Waals surface area contributed by atoms with Crippen molar-refractivity contribution in [3.05, 3.63) is 42.5 Å². The Balaban J connectivity index is 1.72. The molecule has 0 radical (unpaired) electrons. The lowest BCUT2D eigenvalue weighted by Crippen LogP contribution is -2.36. The smallest absolute Gasteiger partial charge is 0.244 e. The fourth-order valence-corrected chi connectivity index (χ4v) is 3.45. The Morgan fingerprint density at radius 3 is 2.31 bits per heavy atom. The number of benzene rings is 2. The largest absolute Gasteiger partial charge is 0.497 e. The van der Waals surface area contributed by atoms with E-state index >= 15 is 0 Å². The third kappa shape index (κ3) is 4.99. The van der Waals surface area contributed by atoms with E-state index in [1.165, 1.54) is 31.8 Å². The minimum atomic E-state index is -0.324. The van der Waals surface area contributed by atoms with E-state index < -0.39 is 0 Å². The van der Waals surface area contributed by atoms with Gasteiger partial charge < -0.3 is 24.6 Å². The Hall–Kier alpha value is -3.22. The number of carbonyl (C=O) groups excluding carboxylic acids is 2. The maximum Gasteiger partial charge on any atom is 0.244 e. The number of hydrogen-bond acceptors (Lipinski definition) is 5. The normalized spacial score (nSPS) is 13.1. The highest BCUT2D eigenvalue weighted by Gasteiger charge is 2.18. The molecular formula is C22H27N3O4. The zero-order valence-corrected chi connectivity index (χ0v) is 17.1. The van der Waals surface area contributed by atoms with E-state index in [0.717, 1.165) is 18.8 Å². The molecule has 1 aliphatic heterocycles. The second-order valence-electron chi connectivity index (χ2n) is 6.93. The van der Waals surface area contributed by atoms with Gasteiger partial charge in [0, 0.05) is 37.5 Å². The summed E-state index contributed by atoms with van der Waals surface area (Å²) >= 11 is 0. The zero-order valence-electron chi connectivity index (χ0n) is 17.1. The lowest BCUT2D eigenvalue weighted by Gasteiger charge is -2.23. The molecule has 1 N–H and O–H groups in total. The molecule has 0 atom stereocenters. The second-order valence-corrected chi connectivity index (χ2v) is 6.93. The van der Waals surface area contributed by atoms with E-state index in [-0.39, 0.29) is 18.4 Å². The summed E-state index contributed by atoms with van der Waals surface area (Å²) in [5.74, 6) is 0.590. The molecule has 2 aromatic rings. The van der Waals surface area contributed by atoms with Crippen LogP contribution in [0.1, 0.15) is 19.8 Å². The highest BCUT2D eigenvalue weighted by Crippen LogP contribution is 2.29. The molecular weight excluding hydrogens is 370 g/mol. The third-order valence-corrected chi connectivity index (χ3v) is 5.00. The molecule has 0 saturated carbocycles. The summed E-state index contributed by atoms with van der Waals surface area (Å²) in [7, 11) is 3.08. The highest BCUT2D eigenvalue weighted by molar-refractivity contribution is 6.02. The molecule has 3 rings (SSSR count). The Morgan fingerprint density at radius 1 is 1.03 bits per heavy atom. The van der Waals surface area contributed by atoms with Crippen molar-refractivity contribution in [2.75, 3.05) is 49.0 Å². The van der Waals surface area contributed by atoms with Crippen LogP contribution in [-0.4, -0.2) is 45.7 Å². The Bertz CT molecular complexity index is 861. The zero-order chi connectivity index (χ0) is 20.8. The van der Waals surface area contributed by atoms with Crippen molar-refractivity contribution < 1.29 is 19.1 Å². The number of ether oxygens (including phenoxy) is 2. The molecule has 7 nitrogen and oxygen atoms in total. The molecule has 1 fully saturated rings. The van der Waals surface area contributed by atoms with E-state index in [2.05, 4.69) is 10.2 Å². The molecule has 0 bridgehead atoms. The lowest BCUT2D eigenvalue weighted by atomic mass is 10.2. The fraction of sp³-hybridized carbons (Fsp3) is 0.364. The van der Waals surface area contributed by atoms with E-state index in [9.17, 15) is 9.59 Å². The van der Waals surface area contributed by atoms with Gasteiger partial charge in [0.15, 0.2) is 0 Å². The van der Waals surface area contributed by atoms with Gasteiger partial charge in [-0.05, 0) is 49.2 Å². The van der Waals surface area contributed by atoms with Crippen LogP contribution in [0.3, 0.4) is 0 Å². The first-order valence-corrected chi connectivity index (χ1v) is 9.67. The summed E-state index contributed by atoms with van der Waals surface area (Å²) in [6, 6.07) is 12.9. The van der Waals surface area contributed by atoms with Crippen LogP contribution in [0.2, 0.25) is 0 Å². The molecule has 0 spiro atoms. The monoisotopic (exact) mass is 397 g/mol. The Kier molecular flexibility index (Phi) is 6.59. The van der Waals surface area contributed by atoms with Crippen LogP contribution in [0.15, 0.2) is 42.5 Å². The van der Waals surface area contributed by atoms with Crippen LogP contribution < -0.4 is 24.6 Å². The third-order valence-electron chi connectivity index (χ3n) is 5.00. The summed E-state index contributed by atoms with van der Waals surface area (Å²) in [6.45, 7) is 3.47. The molecule has 154 valence electrons. The summed E-state index contributed by atoms with van der Waals surface area (Å²) in [4.78, 5) is 28.6. The van der Waals surface area contributed by atoms with Gasteiger partial charge in [-0.3, -0.25) is 9.59 Å². The van der Waals surface area contributed by atoms with Crippen LogP contribution in [-0.2, 0) is 9.59 Å². The van der Waals surface area contributed by atoms with Crippen LogP contribution in [0, 0.1) is 0 Å². The average molecular weight is 397 g/mol.